The van der Waals surface area contributed by atoms with Gasteiger partial charge in [-0.05, 0) is 77.2 Å². The monoisotopic (exact) mass is 508 g/mol. The molecule has 37 heavy (non-hydrogen) atoms. The molecule has 0 unspecified atom stereocenters. The minimum atomic E-state index is -4.36. The molecular weight excluding hydrogens is 476 g/mol. The zero-order valence-electron chi connectivity index (χ0n) is 21.1. The second-order valence-electron chi connectivity index (χ2n) is 9.46. The largest absolute Gasteiger partial charge is 0.494 e. The van der Waals surface area contributed by atoms with Crippen LogP contribution in [0, 0.1) is 5.82 Å². The van der Waals surface area contributed by atoms with Gasteiger partial charge in [-0.2, -0.15) is 13.2 Å². The highest BCUT2D eigenvalue weighted by Crippen LogP contribution is 2.31. The van der Waals surface area contributed by atoms with E-state index in [1.54, 1.807) is 12.1 Å². The summed E-state index contributed by atoms with van der Waals surface area (Å²) < 4.78 is 59.4. The number of ether oxygens (including phenoxy) is 1. The molecular formula is C32H32F4O. The van der Waals surface area contributed by atoms with Crippen LogP contribution < -0.4 is 4.74 Å². The molecule has 0 fully saturated rings. The van der Waals surface area contributed by atoms with E-state index in [0.717, 1.165) is 53.0 Å². The Morgan fingerprint density at radius 3 is 2.11 bits per heavy atom. The Kier molecular flexibility index (Phi) is 8.86. The fraction of sp³-hybridized carbons (Fsp3) is 0.312. The van der Waals surface area contributed by atoms with Gasteiger partial charge in [0.2, 0.25) is 0 Å². The van der Waals surface area contributed by atoms with Crippen LogP contribution in [0.15, 0.2) is 78.9 Å². The van der Waals surface area contributed by atoms with Crippen LogP contribution in [0.3, 0.4) is 0 Å². The van der Waals surface area contributed by atoms with Crippen LogP contribution >= 0.6 is 0 Å². The van der Waals surface area contributed by atoms with E-state index in [9.17, 15) is 13.2 Å². The van der Waals surface area contributed by atoms with Gasteiger partial charge in [0.1, 0.15) is 11.6 Å². The summed E-state index contributed by atoms with van der Waals surface area (Å²) in [5.41, 5.74) is 2.64. The van der Waals surface area contributed by atoms with Crippen LogP contribution in [-0.4, -0.2) is 6.61 Å². The van der Waals surface area contributed by atoms with Crippen molar-refractivity contribution >= 4 is 10.8 Å². The molecule has 4 aromatic rings. The van der Waals surface area contributed by atoms with E-state index < -0.39 is 11.7 Å². The first-order valence-electron chi connectivity index (χ1n) is 13.0. The summed E-state index contributed by atoms with van der Waals surface area (Å²) in [5, 5.41) is 1.34. The highest BCUT2D eigenvalue weighted by molar-refractivity contribution is 5.88. The normalized spacial score (nSPS) is 11.7. The van der Waals surface area contributed by atoms with E-state index in [-0.39, 0.29) is 5.82 Å². The number of fused-ring (bicyclic) bond motifs is 1. The van der Waals surface area contributed by atoms with Gasteiger partial charge in [0.25, 0.3) is 0 Å². The molecule has 0 aromatic heterocycles. The molecule has 0 bridgehead atoms. The predicted molar refractivity (Wildman–Crippen MR) is 142 cm³/mol. The van der Waals surface area contributed by atoms with E-state index in [2.05, 4.69) is 6.92 Å². The molecule has 0 saturated heterocycles. The Labute approximate surface area is 216 Å². The Bertz CT molecular complexity index is 1290. The molecule has 0 amide bonds. The first-order valence-corrected chi connectivity index (χ1v) is 13.0. The van der Waals surface area contributed by atoms with Gasteiger partial charge in [-0.1, -0.05) is 81.1 Å². The Hall–Kier alpha value is -3.34. The molecule has 5 heteroatoms. The molecule has 4 aromatic carbocycles. The molecule has 0 atom stereocenters. The highest BCUT2D eigenvalue weighted by atomic mass is 19.4. The summed E-state index contributed by atoms with van der Waals surface area (Å²) in [6, 6.07) is 22.4. The number of unbranched alkanes of at least 4 members (excludes halogenated alkanes) is 4. The first-order chi connectivity index (χ1) is 17.8. The molecule has 0 saturated carbocycles. The minimum Gasteiger partial charge on any atom is -0.494 e. The van der Waals surface area contributed by atoms with Crippen LogP contribution in [-0.2, 0) is 19.0 Å². The number of hydrogen-bond acceptors (Lipinski definition) is 1. The molecule has 194 valence electrons. The van der Waals surface area contributed by atoms with Crippen molar-refractivity contribution in [3.8, 4) is 16.9 Å². The molecule has 0 aliphatic carbocycles. The quantitative estimate of drug-likeness (QED) is 0.145. The Morgan fingerprint density at radius 2 is 1.41 bits per heavy atom. The number of rotatable bonds is 11. The fourth-order valence-electron chi connectivity index (χ4n) is 4.49. The topological polar surface area (TPSA) is 9.23 Å². The Balaban J connectivity index is 1.39. The number of aryl methyl sites for hydroxylation is 2. The number of halogens is 4. The Morgan fingerprint density at radius 1 is 0.703 bits per heavy atom. The van der Waals surface area contributed by atoms with Crippen LogP contribution in [0.1, 0.15) is 55.7 Å². The third-order valence-electron chi connectivity index (χ3n) is 6.70. The molecule has 0 N–H and O–H groups in total. The molecule has 1 nitrogen and oxygen atoms in total. The van der Waals surface area contributed by atoms with Gasteiger partial charge in [0.05, 0.1) is 12.2 Å². The zero-order valence-corrected chi connectivity index (χ0v) is 21.1. The van der Waals surface area contributed by atoms with Gasteiger partial charge in [-0.25, -0.2) is 4.39 Å². The number of hydrogen-bond donors (Lipinski definition) is 0. The van der Waals surface area contributed by atoms with Crippen molar-refractivity contribution in [1.29, 1.82) is 0 Å². The van der Waals surface area contributed by atoms with Crippen LogP contribution in [0.25, 0.3) is 21.9 Å². The van der Waals surface area contributed by atoms with Gasteiger partial charge >= 0.3 is 6.18 Å². The van der Waals surface area contributed by atoms with Gasteiger partial charge < -0.3 is 4.74 Å². The highest BCUT2D eigenvalue weighted by Gasteiger charge is 2.29. The van der Waals surface area contributed by atoms with Crippen LogP contribution in [0.5, 0.6) is 5.75 Å². The fourth-order valence-corrected chi connectivity index (χ4v) is 4.49. The number of alkyl halides is 3. The zero-order chi connectivity index (χ0) is 26.3. The van der Waals surface area contributed by atoms with Crippen molar-refractivity contribution < 1.29 is 22.3 Å². The maximum Gasteiger partial charge on any atom is 0.416 e. The summed E-state index contributed by atoms with van der Waals surface area (Å²) >= 11 is 0. The number of benzene rings is 4. The maximum atomic E-state index is 15.2. The summed E-state index contributed by atoms with van der Waals surface area (Å²) in [6.45, 7) is 2.93. The van der Waals surface area contributed by atoms with Crippen molar-refractivity contribution in [3.63, 3.8) is 0 Å². The van der Waals surface area contributed by atoms with Crippen LogP contribution in [0.2, 0.25) is 0 Å². The van der Waals surface area contributed by atoms with E-state index in [1.807, 2.05) is 42.5 Å². The third kappa shape index (κ3) is 7.12. The lowest BCUT2D eigenvalue weighted by Crippen LogP contribution is -2.04. The second kappa shape index (κ2) is 12.3. The SMILES string of the molecule is CCCCCCCOc1ccc(-c2ccc3c(F)c(CCc4ccc(C(F)(F)F)cc4)ccc3c2)cc1. The van der Waals surface area contributed by atoms with E-state index >= 15 is 4.39 Å². The van der Waals surface area contributed by atoms with Crippen molar-refractivity contribution in [2.45, 2.75) is 58.0 Å². The molecule has 0 aliphatic rings. The molecule has 0 heterocycles. The van der Waals surface area contributed by atoms with Gasteiger partial charge in [0.15, 0.2) is 0 Å². The standard InChI is InChI=1S/C32H32F4O/c1-2-3-4-5-6-21-37-29-18-13-24(14-19-29)26-15-20-30-27(22-26)12-11-25(31(30)33)10-7-23-8-16-28(17-9-23)32(34,35)36/h8-9,11-20,22H,2-7,10,21H2,1H3. The molecule has 0 radical (unpaired) electrons. The van der Waals surface area contributed by atoms with E-state index in [4.69, 9.17) is 4.74 Å². The van der Waals surface area contributed by atoms with E-state index in [0.29, 0.717) is 23.8 Å². The summed E-state index contributed by atoms with van der Waals surface area (Å²) in [5.74, 6) is 0.572. The van der Waals surface area contributed by atoms with Crippen molar-refractivity contribution in [1.82, 2.24) is 0 Å². The predicted octanol–water partition coefficient (Wildman–Crippen LogP) is 9.80. The van der Waals surface area contributed by atoms with Crippen molar-refractivity contribution in [2.24, 2.45) is 0 Å². The van der Waals surface area contributed by atoms with Crippen molar-refractivity contribution in [2.75, 3.05) is 6.61 Å². The van der Waals surface area contributed by atoms with Gasteiger partial charge in [0, 0.05) is 5.39 Å². The molecule has 0 aliphatic heterocycles. The first kappa shape index (κ1) is 26.7. The lowest BCUT2D eigenvalue weighted by atomic mass is 9.97. The minimum absolute atomic E-state index is 0.279. The summed E-state index contributed by atoms with van der Waals surface area (Å²) in [7, 11) is 0. The van der Waals surface area contributed by atoms with E-state index in [1.165, 1.54) is 37.8 Å². The molecule has 4 rings (SSSR count). The third-order valence-corrected chi connectivity index (χ3v) is 6.70. The van der Waals surface area contributed by atoms with Crippen LogP contribution in [0.4, 0.5) is 17.6 Å². The second-order valence-corrected chi connectivity index (χ2v) is 9.46. The smallest absolute Gasteiger partial charge is 0.416 e. The lowest BCUT2D eigenvalue weighted by Gasteiger charge is -2.11. The average Bonchev–Trinajstić information content (AvgIpc) is 2.90. The van der Waals surface area contributed by atoms with Gasteiger partial charge in [-0.3, -0.25) is 0 Å². The lowest BCUT2D eigenvalue weighted by molar-refractivity contribution is -0.137. The van der Waals surface area contributed by atoms with Gasteiger partial charge in [-0.15, -0.1) is 0 Å². The summed E-state index contributed by atoms with van der Waals surface area (Å²) in [6.07, 6.45) is 2.53. The average molecular weight is 509 g/mol. The van der Waals surface area contributed by atoms with Crippen molar-refractivity contribution in [3.05, 3.63) is 101 Å². The summed E-state index contributed by atoms with van der Waals surface area (Å²) in [4.78, 5) is 0. The maximum absolute atomic E-state index is 15.2. The molecule has 0 spiro atoms.